The van der Waals surface area contributed by atoms with Crippen molar-refractivity contribution in [2.24, 2.45) is 0 Å². The minimum Gasteiger partial charge on any atom is -0.229 e. The van der Waals surface area contributed by atoms with Gasteiger partial charge in [-0.1, -0.05) is 54.1 Å². The number of hydrogen-bond donors (Lipinski definition) is 0. The van der Waals surface area contributed by atoms with Crippen LogP contribution in [-0.4, -0.2) is 50.4 Å². The SMILES string of the molecule is Clc1ccc(-c2csc(Sc3nnnn3-c3cccs3)n2)cc1.c1ccc(-c2csc(Sc3nnnn3-c3cccs3)n2)cc1. The van der Waals surface area contributed by atoms with Crippen molar-refractivity contribution in [3.8, 4) is 32.5 Å². The molecule has 2 aromatic carbocycles. The van der Waals surface area contributed by atoms with E-state index in [1.165, 1.54) is 23.5 Å². The van der Waals surface area contributed by atoms with Gasteiger partial charge in [0.25, 0.3) is 0 Å². The second-order valence-corrected chi connectivity index (χ2v) is 15.2. The summed E-state index contributed by atoms with van der Waals surface area (Å²) in [6.07, 6.45) is 0. The van der Waals surface area contributed by atoms with Gasteiger partial charge in [0.2, 0.25) is 10.3 Å². The van der Waals surface area contributed by atoms with Crippen molar-refractivity contribution in [3.05, 3.63) is 105 Å². The first-order valence-corrected chi connectivity index (χ1v) is 18.5. The van der Waals surface area contributed by atoms with E-state index in [0.29, 0.717) is 10.2 Å². The number of halogens is 1. The van der Waals surface area contributed by atoms with Crippen LogP contribution in [0.2, 0.25) is 5.02 Å². The Morgan fingerprint density at radius 3 is 1.56 bits per heavy atom. The number of aromatic nitrogens is 10. The molecule has 0 spiro atoms. The third-order valence-electron chi connectivity index (χ3n) is 5.84. The monoisotopic (exact) mass is 720 g/mol. The number of thiophene rings is 2. The Bertz CT molecular complexity index is 2080. The molecule has 17 heteroatoms. The Hall–Kier alpha value is -3.77. The second-order valence-electron chi connectivity index (χ2n) is 8.72. The maximum atomic E-state index is 5.92. The van der Waals surface area contributed by atoms with Crippen molar-refractivity contribution in [1.29, 1.82) is 0 Å². The highest BCUT2D eigenvalue weighted by Gasteiger charge is 2.15. The van der Waals surface area contributed by atoms with Gasteiger partial charge in [-0.05, 0) is 91.5 Å². The van der Waals surface area contributed by atoms with Crippen molar-refractivity contribution in [2.75, 3.05) is 0 Å². The molecular weight excluding hydrogens is 704 g/mol. The van der Waals surface area contributed by atoms with Gasteiger partial charge < -0.3 is 0 Å². The van der Waals surface area contributed by atoms with Crippen LogP contribution >= 0.6 is 80.5 Å². The summed E-state index contributed by atoms with van der Waals surface area (Å²) in [5.41, 5.74) is 4.05. The highest BCUT2D eigenvalue weighted by Crippen LogP contribution is 2.34. The minimum absolute atomic E-state index is 0.699. The van der Waals surface area contributed by atoms with E-state index in [-0.39, 0.29) is 0 Å². The second kappa shape index (κ2) is 14.1. The average Bonchev–Trinajstić information content (AvgIpc) is 3.91. The number of nitrogens with zero attached hydrogens (tertiary/aromatic N) is 10. The van der Waals surface area contributed by atoms with Gasteiger partial charge in [0, 0.05) is 26.9 Å². The zero-order valence-electron chi connectivity index (χ0n) is 22.6. The van der Waals surface area contributed by atoms with Crippen LogP contribution in [0.3, 0.4) is 0 Å². The summed E-state index contributed by atoms with van der Waals surface area (Å²) < 4.78 is 5.27. The van der Waals surface area contributed by atoms with Gasteiger partial charge >= 0.3 is 0 Å². The van der Waals surface area contributed by atoms with Crippen LogP contribution in [0.4, 0.5) is 0 Å². The maximum absolute atomic E-state index is 5.92. The van der Waals surface area contributed by atoms with Crippen LogP contribution in [0.1, 0.15) is 0 Å². The maximum Gasteiger partial charge on any atom is 0.221 e. The summed E-state index contributed by atoms with van der Waals surface area (Å²) >= 11 is 15.2. The lowest BCUT2D eigenvalue weighted by molar-refractivity contribution is 0.768. The molecular formula is C28H17ClN10S6. The highest BCUT2D eigenvalue weighted by atomic mass is 35.5. The van der Waals surface area contributed by atoms with Crippen LogP contribution < -0.4 is 0 Å². The standard InChI is InChI=1S/C14H8ClN5S3.C14H9N5S3/c15-10-5-3-9(4-6-10)11-8-22-14(16-11)23-13-17-18-19-20(13)12-2-1-7-21-12;1-2-5-10(6-3-1)11-9-21-14(15-11)22-13-16-17-18-19(13)12-7-4-8-20-12/h1-8H;1-9H. The van der Waals surface area contributed by atoms with Gasteiger partial charge in [0.05, 0.1) is 11.4 Å². The minimum atomic E-state index is 0.699. The van der Waals surface area contributed by atoms with Crippen molar-refractivity contribution >= 4 is 80.5 Å². The fourth-order valence-electron chi connectivity index (χ4n) is 3.80. The Morgan fingerprint density at radius 2 is 1.07 bits per heavy atom. The molecule has 0 amide bonds. The van der Waals surface area contributed by atoms with Gasteiger partial charge in [-0.2, -0.15) is 9.36 Å². The first kappa shape index (κ1) is 29.9. The molecule has 6 aromatic heterocycles. The lowest BCUT2D eigenvalue weighted by Crippen LogP contribution is -1.95. The molecule has 0 saturated heterocycles. The van der Waals surface area contributed by atoms with Crippen LogP contribution in [0, 0.1) is 0 Å². The summed E-state index contributed by atoms with van der Waals surface area (Å²) in [6.45, 7) is 0. The molecule has 6 heterocycles. The molecule has 0 fully saturated rings. The highest BCUT2D eigenvalue weighted by molar-refractivity contribution is 8.01. The predicted molar refractivity (Wildman–Crippen MR) is 182 cm³/mol. The van der Waals surface area contributed by atoms with Gasteiger partial charge in [-0.25, -0.2) is 9.97 Å². The Morgan fingerprint density at radius 1 is 0.556 bits per heavy atom. The summed E-state index contributed by atoms with van der Waals surface area (Å²) in [4.78, 5) is 9.29. The van der Waals surface area contributed by atoms with Crippen LogP contribution in [0.15, 0.2) is 119 Å². The Kier molecular flexibility index (Phi) is 9.38. The molecule has 0 unspecified atom stereocenters. The molecule has 10 nitrogen and oxygen atoms in total. The lowest BCUT2D eigenvalue weighted by Gasteiger charge is -1.98. The fourth-order valence-corrected chi connectivity index (χ4v) is 8.82. The van der Waals surface area contributed by atoms with Gasteiger partial charge in [-0.15, -0.1) is 55.5 Å². The van der Waals surface area contributed by atoms with E-state index in [1.807, 2.05) is 82.9 Å². The van der Waals surface area contributed by atoms with Gasteiger partial charge in [0.1, 0.15) is 10.0 Å². The van der Waals surface area contributed by atoms with Crippen LogP contribution in [0.25, 0.3) is 32.5 Å². The van der Waals surface area contributed by atoms with E-state index < -0.39 is 0 Å². The summed E-state index contributed by atoms with van der Waals surface area (Å²) in [7, 11) is 0. The molecule has 0 atom stereocenters. The lowest BCUT2D eigenvalue weighted by atomic mass is 10.2. The third-order valence-corrected chi connectivity index (χ3v) is 11.5. The molecule has 45 heavy (non-hydrogen) atoms. The number of hydrogen-bond acceptors (Lipinski definition) is 14. The molecule has 0 radical (unpaired) electrons. The smallest absolute Gasteiger partial charge is 0.221 e. The number of thiazole rings is 2. The normalized spacial score (nSPS) is 11.0. The number of benzene rings is 2. The van der Waals surface area contributed by atoms with E-state index in [9.17, 15) is 0 Å². The molecule has 0 aliphatic heterocycles. The molecule has 0 aliphatic rings. The zero-order chi connectivity index (χ0) is 30.4. The first-order chi connectivity index (χ1) is 22.2. The van der Waals surface area contributed by atoms with Crippen molar-refractivity contribution in [1.82, 2.24) is 50.4 Å². The van der Waals surface area contributed by atoms with E-state index in [2.05, 4.69) is 58.5 Å². The molecule has 0 N–H and O–H groups in total. The van der Waals surface area contributed by atoms with Gasteiger partial charge in [-0.3, -0.25) is 0 Å². The Balaban J connectivity index is 0.000000145. The van der Waals surface area contributed by atoms with Crippen LogP contribution in [-0.2, 0) is 0 Å². The number of rotatable bonds is 8. The zero-order valence-corrected chi connectivity index (χ0v) is 28.3. The topological polar surface area (TPSA) is 113 Å². The summed E-state index contributed by atoms with van der Waals surface area (Å²) in [5.74, 6) is 0. The molecule has 0 saturated carbocycles. The van der Waals surface area contributed by atoms with E-state index in [4.69, 9.17) is 11.6 Å². The quantitative estimate of drug-likeness (QED) is 0.151. The van der Waals surface area contributed by atoms with Crippen molar-refractivity contribution in [3.63, 3.8) is 0 Å². The van der Waals surface area contributed by atoms with E-state index >= 15 is 0 Å². The van der Waals surface area contributed by atoms with Gasteiger partial charge in [0.15, 0.2) is 8.68 Å². The van der Waals surface area contributed by atoms with E-state index in [0.717, 1.165) is 46.4 Å². The number of tetrazole rings is 2. The largest absolute Gasteiger partial charge is 0.229 e. The summed E-state index contributed by atoms with van der Waals surface area (Å²) in [6, 6.07) is 25.7. The Labute approximate surface area is 285 Å². The first-order valence-electron chi connectivity index (χ1n) is 12.9. The molecule has 8 aromatic rings. The molecule has 8 rings (SSSR count). The third kappa shape index (κ3) is 7.22. The molecule has 222 valence electrons. The van der Waals surface area contributed by atoms with Crippen LogP contribution in [0.5, 0.6) is 0 Å². The van der Waals surface area contributed by atoms with Crippen molar-refractivity contribution in [2.45, 2.75) is 19.0 Å². The summed E-state index contributed by atoms with van der Waals surface area (Å²) in [5, 5.41) is 35.9. The average molecular weight is 721 g/mol. The van der Waals surface area contributed by atoms with E-state index in [1.54, 1.807) is 54.7 Å². The predicted octanol–water partition coefficient (Wildman–Crippen LogP) is 8.65. The van der Waals surface area contributed by atoms with Crippen molar-refractivity contribution < 1.29 is 0 Å². The fraction of sp³-hybridized carbons (Fsp3) is 0. The molecule has 0 aliphatic carbocycles. The molecule has 0 bridgehead atoms.